The second-order valence-corrected chi connectivity index (χ2v) is 7.57. The van der Waals surface area contributed by atoms with Crippen LogP contribution in [0.4, 0.5) is 0 Å². The van der Waals surface area contributed by atoms with Crippen LogP contribution in [0.2, 0.25) is 0 Å². The molecule has 3 heterocycles. The van der Waals surface area contributed by atoms with Crippen molar-refractivity contribution in [1.29, 1.82) is 0 Å². The monoisotopic (exact) mass is 324 g/mol. The number of nitrogens with zero attached hydrogens (tertiary/aromatic N) is 1. The molecule has 0 spiro atoms. The molecule has 0 radical (unpaired) electrons. The van der Waals surface area contributed by atoms with E-state index in [0.29, 0.717) is 13.0 Å². The Hall–Kier alpha value is -1.34. The summed E-state index contributed by atoms with van der Waals surface area (Å²) in [4.78, 5) is 23.5. The van der Waals surface area contributed by atoms with Crippen molar-refractivity contribution in [2.75, 3.05) is 12.4 Å². The second-order valence-electron chi connectivity index (χ2n) is 5.07. The fraction of sp³-hybridized carbons (Fsp3) is 0.500. The molecule has 5 nitrogen and oxygen atoms in total. The van der Waals surface area contributed by atoms with Gasteiger partial charge in [-0.05, 0) is 18.2 Å². The molecule has 1 aromatic heterocycles. The van der Waals surface area contributed by atoms with Crippen LogP contribution in [0.25, 0.3) is 0 Å². The topological polar surface area (TPSA) is 67.8 Å². The van der Waals surface area contributed by atoms with Gasteiger partial charge in [0.15, 0.2) is 0 Å². The average molecular weight is 324 g/mol. The number of esters is 1. The van der Waals surface area contributed by atoms with E-state index in [1.165, 1.54) is 16.0 Å². The number of amides is 1. The Bertz CT molecular complexity index is 609. The van der Waals surface area contributed by atoms with Crippen molar-refractivity contribution in [1.82, 2.24) is 5.43 Å². The number of nitrogens with one attached hydrogen (secondary N) is 1. The first-order valence-electron chi connectivity index (χ1n) is 6.89. The molecule has 0 aliphatic carbocycles. The lowest BCUT2D eigenvalue weighted by molar-refractivity contribution is -0.140. The Morgan fingerprint density at radius 3 is 3.24 bits per heavy atom. The van der Waals surface area contributed by atoms with E-state index in [9.17, 15) is 9.59 Å². The summed E-state index contributed by atoms with van der Waals surface area (Å²) in [6, 6.07) is 2.13. The van der Waals surface area contributed by atoms with E-state index in [-0.39, 0.29) is 17.8 Å². The Morgan fingerprint density at radius 2 is 2.43 bits per heavy atom. The van der Waals surface area contributed by atoms with Gasteiger partial charge in [0.25, 0.3) is 0 Å². The van der Waals surface area contributed by atoms with Crippen molar-refractivity contribution in [3.05, 3.63) is 16.5 Å². The third-order valence-corrected chi connectivity index (χ3v) is 6.01. The van der Waals surface area contributed by atoms with Crippen LogP contribution in [-0.4, -0.2) is 29.9 Å². The van der Waals surface area contributed by atoms with Gasteiger partial charge in [0.1, 0.15) is 0 Å². The maximum absolute atomic E-state index is 11.5. The lowest BCUT2D eigenvalue weighted by Gasteiger charge is -2.20. The molecule has 2 aliphatic heterocycles. The predicted molar refractivity (Wildman–Crippen MR) is 82.8 cm³/mol. The van der Waals surface area contributed by atoms with Crippen molar-refractivity contribution in [3.8, 4) is 0 Å². The van der Waals surface area contributed by atoms with E-state index < -0.39 is 0 Å². The third kappa shape index (κ3) is 3.29. The SMILES string of the molecule is CC(=O)OCCc1cc2c(s1)SCCC1CC(=O)NN=C21. The molecule has 21 heavy (non-hydrogen) atoms. The van der Waals surface area contributed by atoms with Crippen molar-refractivity contribution in [3.63, 3.8) is 0 Å². The molecule has 7 heteroatoms. The molecule has 0 bridgehead atoms. The lowest BCUT2D eigenvalue weighted by atomic mass is 9.91. The zero-order valence-electron chi connectivity index (χ0n) is 11.7. The summed E-state index contributed by atoms with van der Waals surface area (Å²) in [6.07, 6.45) is 2.24. The van der Waals surface area contributed by atoms with Crippen molar-refractivity contribution in [2.45, 2.75) is 30.4 Å². The number of hydrazone groups is 1. The standard InChI is InChI=1S/C14H16N2O3S2/c1-8(17)19-4-2-10-7-11-13-9(6-12(18)15-16-13)3-5-20-14(11)21-10/h7,9H,2-6H2,1H3,(H,15,18). The number of hydrogen-bond donors (Lipinski definition) is 1. The van der Waals surface area contributed by atoms with Gasteiger partial charge in [-0.15, -0.1) is 23.1 Å². The minimum Gasteiger partial charge on any atom is -0.465 e. The highest BCUT2D eigenvalue weighted by atomic mass is 32.2. The van der Waals surface area contributed by atoms with E-state index in [1.807, 2.05) is 11.8 Å². The number of thiophene rings is 1. The van der Waals surface area contributed by atoms with Crippen molar-refractivity contribution >= 4 is 40.7 Å². The van der Waals surface area contributed by atoms with Crippen molar-refractivity contribution < 1.29 is 14.3 Å². The van der Waals surface area contributed by atoms with E-state index in [1.54, 1.807) is 11.3 Å². The smallest absolute Gasteiger partial charge is 0.302 e. The van der Waals surface area contributed by atoms with Crippen LogP contribution >= 0.6 is 23.1 Å². The largest absolute Gasteiger partial charge is 0.465 e. The summed E-state index contributed by atoms with van der Waals surface area (Å²) >= 11 is 3.56. The lowest BCUT2D eigenvalue weighted by Crippen LogP contribution is -2.33. The Labute approximate surface area is 131 Å². The van der Waals surface area contributed by atoms with Gasteiger partial charge in [-0.25, -0.2) is 5.43 Å². The summed E-state index contributed by atoms with van der Waals surface area (Å²) in [6.45, 7) is 1.83. The summed E-state index contributed by atoms with van der Waals surface area (Å²) < 4.78 is 6.25. The molecule has 112 valence electrons. The van der Waals surface area contributed by atoms with Gasteiger partial charge in [-0.2, -0.15) is 5.10 Å². The van der Waals surface area contributed by atoms with Crippen LogP contribution in [0, 0.1) is 5.92 Å². The Balaban J connectivity index is 1.80. The normalized spacial score (nSPS) is 20.7. The highest BCUT2D eigenvalue weighted by molar-refractivity contribution is 8.01. The molecular formula is C14H16N2O3S2. The van der Waals surface area contributed by atoms with Crippen LogP contribution in [0.5, 0.6) is 0 Å². The molecule has 2 aliphatic rings. The molecule has 1 atom stereocenters. The first-order valence-corrected chi connectivity index (χ1v) is 8.69. The summed E-state index contributed by atoms with van der Waals surface area (Å²) in [5.74, 6) is 0.987. The third-order valence-electron chi connectivity index (χ3n) is 3.50. The molecule has 0 saturated heterocycles. The Morgan fingerprint density at radius 1 is 1.57 bits per heavy atom. The number of rotatable bonds is 3. The zero-order chi connectivity index (χ0) is 14.8. The Kier molecular flexibility index (Phi) is 4.30. The molecule has 1 unspecified atom stereocenters. The summed E-state index contributed by atoms with van der Waals surface area (Å²) in [7, 11) is 0. The quantitative estimate of drug-likeness (QED) is 0.866. The van der Waals surface area contributed by atoms with Gasteiger partial charge in [0.2, 0.25) is 5.91 Å². The molecule has 1 aromatic rings. The van der Waals surface area contributed by atoms with Gasteiger partial charge < -0.3 is 4.74 Å². The average Bonchev–Trinajstić information content (AvgIpc) is 2.74. The second kappa shape index (κ2) is 6.19. The number of carbonyl (C=O) groups is 2. The number of ether oxygens (including phenoxy) is 1. The number of carbonyl (C=O) groups excluding carboxylic acids is 2. The van der Waals surface area contributed by atoms with Gasteiger partial charge in [-0.1, -0.05) is 0 Å². The van der Waals surface area contributed by atoms with E-state index in [4.69, 9.17) is 4.74 Å². The molecule has 0 aromatic carbocycles. The highest BCUT2D eigenvalue weighted by Gasteiger charge is 2.30. The van der Waals surface area contributed by atoms with Crippen LogP contribution in [0.1, 0.15) is 30.2 Å². The molecule has 0 fully saturated rings. The number of thioether (sulfide) groups is 1. The highest BCUT2D eigenvalue weighted by Crippen LogP contribution is 2.39. The van der Waals surface area contributed by atoms with Crippen LogP contribution in [0.15, 0.2) is 15.4 Å². The minimum absolute atomic E-state index is 0.00233. The van der Waals surface area contributed by atoms with E-state index in [2.05, 4.69) is 16.6 Å². The molecule has 1 N–H and O–H groups in total. The van der Waals surface area contributed by atoms with Gasteiger partial charge in [0.05, 0.1) is 16.5 Å². The maximum atomic E-state index is 11.5. The summed E-state index contributed by atoms with van der Waals surface area (Å²) in [5, 5.41) is 4.28. The number of hydrogen-bond acceptors (Lipinski definition) is 6. The van der Waals surface area contributed by atoms with Gasteiger partial charge >= 0.3 is 5.97 Å². The van der Waals surface area contributed by atoms with Crippen molar-refractivity contribution in [2.24, 2.45) is 11.0 Å². The van der Waals surface area contributed by atoms with E-state index in [0.717, 1.165) is 29.9 Å². The van der Waals surface area contributed by atoms with Gasteiger partial charge in [0, 0.05) is 36.1 Å². The van der Waals surface area contributed by atoms with E-state index >= 15 is 0 Å². The zero-order valence-corrected chi connectivity index (χ0v) is 13.3. The molecule has 1 amide bonds. The predicted octanol–water partition coefficient (Wildman–Crippen LogP) is 2.19. The summed E-state index contributed by atoms with van der Waals surface area (Å²) in [5.41, 5.74) is 4.74. The van der Waals surface area contributed by atoms with Crippen LogP contribution < -0.4 is 5.43 Å². The molecule has 3 rings (SSSR count). The maximum Gasteiger partial charge on any atom is 0.302 e. The fourth-order valence-corrected chi connectivity index (χ4v) is 5.11. The van der Waals surface area contributed by atoms with Crippen LogP contribution in [0.3, 0.4) is 0 Å². The number of fused-ring (bicyclic) bond motifs is 3. The molecule has 0 saturated carbocycles. The first kappa shape index (κ1) is 14.6. The van der Waals surface area contributed by atoms with Crippen LogP contribution in [-0.2, 0) is 20.7 Å². The minimum atomic E-state index is -0.248. The fourth-order valence-electron chi connectivity index (χ4n) is 2.52. The molecular weight excluding hydrogens is 308 g/mol. The first-order chi connectivity index (χ1) is 10.1. The van der Waals surface area contributed by atoms with Gasteiger partial charge in [-0.3, -0.25) is 9.59 Å².